The summed E-state index contributed by atoms with van der Waals surface area (Å²) in [5.74, 6) is 0.142. The quantitative estimate of drug-likeness (QED) is 0.349. The Labute approximate surface area is 179 Å². The molecule has 2 heterocycles. The van der Waals surface area contributed by atoms with Crippen LogP contribution in [0.15, 0.2) is 81.6 Å². The van der Waals surface area contributed by atoms with Gasteiger partial charge in [0.25, 0.3) is 5.56 Å². The van der Waals surface area contributed by atoms with Crippen LogP contribution in [0.3, 0.4) is 0 Å². The predicted molar refractivity (Wildman–Crippen MR) is 117 cm³/mol. The van der Waals surface area contributed by atoms with Gasteiger partial charge in [0, 0.05) is 22.4 Å². The van der Waals surface area contributed by atoms with E-state index in [9.17, 15) is 10.1 Å². The number of rotatable bonds is 5. The van der Waals surface area contributed by atoms with Crippen molar-refractivity contribution in [3.63, 3.8) is 0 Å². The van der Waals surface area contributed by atoms with Crippen molar-refractivity contribution in [3.05, 3.63) is 93.2 Å². The molecule has 8 nitrogen and oxygen atoms in total. The fourth-order valence-corrected chi connectivity index (χ4v) is 3.42. The maximum atomic E-state index is 12.3. The van der Waals surface area contributed by atoms with Gasteiger partial charge < -0.3 is 4.57 Å². The zero-order valence-electron chi connectivity index (χ0n) is 15.5. The first kappa shape index (κ1) is 19.3. The van der Waals surface area contributed by atoms with E-state index in [4.69, 9.17) is 0 Å². The Hall–Kier alpha value is -4.03. The third-order valence-electron chi connectivity index (χ3n) is 4.22. The molecule has 0 atom stereocenters. The molecule has 0 fully saturated rings. The second-order valence-electron chi connectivity index (χ2n) is 6.17. The molecule has 0 aliphatic rings. The van der Waals surface area contributed by atoms with Gasteiger partial charge in [0.05, 0.1) is 23.9 Å². The number of hydrazone groups is 1. The number of nitriles is 1. The molecule has 0 amide bonds. The molecular weight excluding hydrogens is 446 g/mol. The highest BCUT2D eigenvalue weighted by Gasteiger charge is 2.12. The van der Waals surface area contributed by atoms with Crippen LogP contribution in [0.2, 0.25) is 0 Å². The molecule has 0 aliphatic carbocycles. The van der Waals surface area contributed by atoms with Crippen molar-refractivity contribution >= 4 is 28.1 Å². The fraction of sp³-hybridized carbons (Fsp3) is 0. The maximum Gasteiger partial charge on any atom is 0.270 e. The van der Waals surface area contributed by atoms with Crippen molar-refractivity contribution in [3.8, 4) is 23.0 Å². The molecule has 0 saturated heterocycles. The van der Waals surface area contributed by atoms with Gasteiger partial charge in [-0.15, -0.1) is 0 Å². The van der Waals surface area contributed by atoms with Crippen LogP contribution >= 0.6 is 15.9 Å². The van der Waals surface area contributed by atoms with Gasteiger partial charge in [-0.2, -0.15) is 10.4 Å². The van der Waals surface area contributed by atoms with Gasteiger partial charge in [-0.05, 0) is 33.6 Å². The highest BCUT2D eigenvalue weighted by molar-refractivity contribution is 9.10. The first-order chi connectivity index (χ1) is 14.7. The average molecular weight is 460 g/mol. The van der Waals surface area contributed by atoms with Crippen LogP contribution in [0.1, 0.15) is 11.1 Å². The zero-order chi connectivity index (χ0) is 20.9. The Bertz CT molecular complexity index is 1310. The number of benzene rings is 2. The Morgan fingerprint density at radius 3 is 2.77 bits per heavy atom. The van der Waals surface area contributed by atoms with E-state index in [-0.39, 0.29) is 11.5 Å². The average Bonchev–Trinajstić information content (AvgIpc) is 3.29. The number of anilines is 1. The van der Waals surface area contributed by atoms with Gasteiger partial charge in [-0.25, -0.2) is 15.4 Å². The van der Waals surface area contributed by atoms with Gasteiger partial charge in [-0.1, -0.05) is 36.4 Å². The standard InChI is InChI=1S/C21H14BrN7O/c22-17-10-14(6-7-18(17)29-9-8-24-13-29)12-25-28-21-26-19(15-4-2-1-3-5-15)16(11-23)20(30)27-21/h1-10,12-13H,(H2,26,27,28,30). The van der Waals surface area contributed by atoms with Crippen LogP contribution in [-0.2, 0) is 0 Å². The number of nitrogens with one attached hydrogen (secondary N) is 2. The molecule has 0 bridgehead atoms. The summed E-state index contributed by atoms with van der Waals surface area (Å²) in [6, 6.07) is 16.7. The summed E-state index contributed by atoms with van der Waals surface area (Å²) < 4.78 is 2.76. The highest BCUT2D eigenvalue weighted by atomic mass is 79.9. The van der Waals surface area contributed by atoms with Crippen molar-refractivity contribution in [2.24, 2.45) is 5.10 Å². The molecule has 146 valence electrons. The molecule has 2 aromatic carbocycles. The number of hydrogen-bond acceptors (Lipinski definition) is 6. The number of aromatic amines is 1. The SMILES string of the molecule is N#Cc1c(-c2ccccc2)nc(NN=Cc2ccc(-n3ccnc3)c(Br)c2)[nH]c1=O. The zero-order valence-corrected chi connectivity index (χ0v) is 17.0. The van der Waals surface area contributed by atoms with Crippen molar-refractivity contribution in [1.82, 2.24) is 19.5 Å². The highest BCUT2D eigenvalue weighted by Crippen LogP contribution is 2.22. The minimum atomic E-state index is -0.531. The van der Waals surface area contributed by atoms with Gasteiger partial charge in [0.15, 0.2) is 0 Å². The van der Waals surface area contributed by atoms with Crippen LogP contribution in [0, 0.1) is 11.3 Å². The van der Waals surface area contributed by atoms with E-state index in [0.29, 0.717) is 11.3 Å². The smallest absolute Gasteiger partial charge is 0.270 e. The first-order valence-electron chi connectivity index (χ1n) is 8.82. The second-order valence-corrected chi connectivity index (χ2v) is 7.02. The van der Waals surface area contributed by atoms with E-state index in [1.54, 1.807) is 30.9 Å². The monoisotopic (exact) mass is 459 g/mol. The molecule has 0 radical (unpaired) electrons. The third kappa shape index (κ3) is 4.04. The first-order valence-corrected chi connectivity index (χ1v) is 9.62. The lowest BCUT2D eigenvalue weighted by Crippen LogP contribution is -2.16. The predicted octanol–water partition coefficient (Wildman–Crippen LogP) is 3.70. The van der Waals surface area contributed by atoms with E-state index in [1.165, 1.54) is 0 Å². The second kappa shape index (κ2) is 8.55. The molecule has 0 unspecified atom stereocenters. The van der Waals surface area contributed by atoms with Crippen LogP contribution in [-0.4, -0.2) is 25.7 Å². The maximum absolute atomic E-state index is 12.3. The van der Waals surface area contributed by atoms with E-state index in [1.807, 2.05) is 53.2 Å². The molecule has 9 heteroatoms. The summed E-state index contributed by atoms with van der Waals surface area (Å²) in [5.41, 5.74) is 4.89. The van der Waals surface area contributed by atoms with Crippen molar-refractivity contribution in [2.75, 3.05) is 5.43 Å². The number of aromatic nitrogens is 4. The van der Waals surface area contributed by atoms with Crippen LogP contribution in [0.5, 0.6) is 0 Å². The third-order valence-corrected chi connectivity index (χ3v) is 4.85. The molecule has 0 aliphatic heterocycles. The van der Waals surface area contributed by atoms with Gasteiger partial charge in [-0.3, -0.25) is 9.78 Å². The van der Waals surface area contributed by atoms with Crippen LogP contribution < -0.4 is 11.0 Å². The summed E-state index contributed by atoms with van der Waals surface area (Å²) in [6.45, 7) is 0. The summed E-state index contributed by atoms with van der Waals surface area (Å²) in [7, 11) is 0. The van der Waals surface area contributed by atoms with E-state index >= 15 is 0 Å². The van der Waals surface area contributed by atoms with E-state index in [0.717, 1.165) is 15.7 Å². The molecular formula is C21H14BrN7O. The number of halogens is 1. The largest absolute Gasteiger partial charge is 0.305 e. The van der Waals surface area contributed by atoms with E-state index < -0.39 is 5.56 Å². The lowest BCUT2D eigenvalue weighted by atomic mass is 10.1. The topological polar surface area (TPSA) is 112 Å². The van der Waals surface area contributed by atoms with Crippen molar-refractivity contribution in [2.45, 2.75) is 0 Å². The van der Waals surface area contributed by atoms with Crippen molar-refractivity contribution < 1.29 is 0 Å². The molecule has 4 aromatic rings. The molecule has 2 aromatic heterocycles. The summed E-state index contributed by atoms with van der Waals surface area (Å²) in [5, 5.41) is 13.5. The lowest BCUT2D eigenvalue weighted by Gasteiger charge is -2.07. The van der Waals surface area contributed by atoms with E-state index in [2.05, 4.69) is 41.4 Å². The number of hydrogen-bond donors (Lipinski definition) is 2. The number of H-pyrrole nitrogens is 1. The minimum absolute atomic E-state index is 0.0465. The molecule has 30 heavy (non-hydrogen) atoms. The number of imidazole rings is 1. The Morgan fingerprint density at radius 2 is 2.07 bits per heavy atom. The lowest BCUT2D eigenvalue weighted by molar-refractivity contribution is 1.05. The molecule has 4 rings (SSSR count). The Balaban J connectivity index is 1.58. The molecule has 0 saturated carbocycles. The Morgan fingerprint density at radius 1 is 1.23 bits per heavy atom. The normalized spacial score (nSPS) is 10.8. The van der Waals surface area contributed by atoms with Crippen molar-refractivity contribution in [1.29, 1.82) is 5.26 Å². The molecule has 0 spiro atoms. The van der Waals surface area contributed by atoms with Crippen LogP contribution in [0.25, 0.3) is 16.9 Å². The fourth-order valence-electron chi connectivity index (χ4n) is 2.82. The molecule has 2 N–H and O–H groups in total. The summed E-state index contributed by atoms with van der Waals surface area (Å²) >= 11 is 3.55. The minimum Gasteiger partial charge on any atom is -0.305 e. The van der Waals surface area contributed by atoms with Gasteiger partial charge >= 0.3 is 0 Å². The van der Waals surface area contributed by atoms with Gasteiger partial charge in [0.1, 0.15) is 11.6 Å². The van der Waals surface area contributed by atoms with Crippen LogP contribution in [0.4, 0.5) is 5.95 Å². The number of nitrogens with zero attached hydrogens (tertiary/aromatic N) is 5. The summed E-state index contributed by atoms with van der Waals surface area (Å²) in [6.07, 6.45) is 6.88. The Kier molecular flexibility index (Phi) is 5.50. The summed E-state index contributed by atoms with van der Waals surface area (Å²) in [4.78, 5) is 23.2. The van der Waals surface area contributed by atoms with Gasteiger partial charge in [0.2, 0.25) is 5.95 Å².